The van der Waals surface area contributed by atoms with Crippen LogP contribution in [0, 0.1) is 27.4 Å². The van der Waals surface area contributed by atoms with Crippen LogP contribution in [0.25, 0.3) is 0 Å². The zero-order valence-electron chi connectivity index (χ0n) is 11.2. The fraction of sp³-hybridized carbons (Fsp3) is 0.417. The molecule has 108 valence electrons. The SMILES string of the molecule is CCN(CC(C)C#N)S(=O)(=O)c1ccccc1[N+](=O)[O-]. The van der Waals surface area contributed by atoms with Crippen molar-refractivity contribution in [2.75, 3.05) is 13.1 Å². The average Bonchev–Trinajstić information content (AvgIpc) is 2.44. The lowest BCUT2D eigenvalue weighted by Crippen LogP contribution is -2.34. The summed E-state index contributed by atoms with van der Waals surface area (Å²) >= 11 is 0. The van der Waals surface area contributed by atoms with E-state index in [1.807, 2.05) is 6.07 Å². The molecular formula is C12H15N3O4S. The quantitative estimate of drug-likeness (QED) is 0.587. The van der Waals surface area contributed by atoms with Crippen LogP contribution in [0.2, 0.25) is 0 Å². The largest absolute Gasteiger partial charge is 0.289 e. The van der Waals surface area contributed by atoms with Gasteiger partial charge in [-0.25, -0.2) is 8.42 Å². The Morgan fingerprint density at radius 3 is 2.55 bits per heavy atom. The number of hydrogen-bond donors (Lipinski definition) is 0. The second-order valence-electron chi connectivity index (χ2n) is 4.21. The normalized spacial score (nSPS) is 12.9. The molecule has 1 atom stereocenters. The van der Waals surface area contributed by atoms with Crippen LogP contribution in [0.1, 0.15) is 13.8 Å². The lowest BCUT2D eigenvalue weighted by Gasteiger charge is -2.21. The number of sulfonamides is 1. The molecule has 1 rings (SSSR count). The third-order valence-corrected chi connectivity index (χ3v) is 4.72. The maximum atomic E-state index is 12.5. The number of benzene rings is 1. The van der Waals surface area contributed by atoms with Crippen LogP contribution in [-0.4, -0.2) is 30.7 Å². The average molecular weight is 297 g/mol. The first-order chi connectivity index (χ1) is 9.34. The molecule has 0 fully saturated rings. The van der Waals surface area contributed by atoms with E-state index in [1.54, 1.807) is 13.8 Å². The molecule has 1 aromatic carbocycles. The van der Waals surface area contributed by atoms with Gasteiger partial charge in [-0.2, -0.15) is 9.57 Å². The van der Waals surface area contributed by atoms with E-state index in [2.05, 4.69) is 0 Å². The van der Waals surface area contributed by atoms with Crippen LogP contribution in [0.5, 0.6) is 0 Å². The fourth-order valence-corrected chi connectivity index (χ4v) is 3.40. The number of nitrogens with zero attached hydrogens (tertiary/aromatic N) is 3. The Hall–Kier alpha value is -1.98. The van der Waals surface area contributed by atoms with Gasteiger partial charge >= 0.3 is 0 Å². The number of rotatable bonds is 6. The summed E-state index contributed by atoms with van der Waals surface area (Å²) in [6.45, 7) is 3.36. The first kappa shape index (κ1) is 16.1. The minimum Gasteiger partial charge on any atom is -0.258 e. The molecule has 0 aliphatic rings. The molecule has 1 unspecified atom stereocenters. The molecule has 20 heavy (non-hydrogen) atoms. The van der Waals surface area contributed by atoms with Crippen LogP contribution < -0.4 is 0 Å². The topological polar surface area (TPSA) is 104 Å². The Balaban J connectivity index is 3.29. The lowest BCUT2D eigenvalue weighted by molar-refractivity contribution is -0.387. The van der Waals surface area contributed by atoms with Gasteiger partial charge in [0.15, 0.2) is 4.90 Å². The van der Waals surface area contributed by atoms with Crippen LogP contribution in [-0.2, 0) is 10.0 Å². The summed E-state index contributed by atoms with van der Waals surface area (Å²) in [5.41, 5.74) is -0.462. The summed E-state index contributed by atoms with van der Waals surface area (Å²) in [5.74, 6) is -0.493. The van der Waals surface area contributed by atoms with Gasteiger partial charge in [0.1, 0.15) is 0 Å². The predicted octanol–water partition coefficient (Wildman–Crippen LogP) is 1.77. The molecule has 8 heteroatoms. The zero-order valence-corrected chi connectivity index (χ0v) is 12.0. The number of para-hydroxylation sites is 1. The number of nitro benzene ring substituents is 1. The van der Waals surface area contributed by atoms with Gasteiger partial charge in [-0.05, 0) is 13.0 Å². The van der Waals surface area contributed by atoms with Crippen molar-refractivity contribution in [1.29, 1.82) is 5.26 Å². The van der Waals surface area contributed by atoms with Gasteiger partial charge in [-0.3, -0.25) is 10.1 Å². The van der Waals surface area contributed by atoms with Crippen LogP contribution in [0.4, 0.5) is 5.69 Å². The molecule has 0 aliphatic carbocycles. The molecule has 0 heterocycles. The van der Waals surface area contributed by atoms with Crippen LogP contribution >= 0.6 is 0 Å². The van der Waals surface area contributed by atoms with Crippen molar-refractivity contribution < 1.29 is 13.3 Å². The Morgan fingerprint density at radius 2 is 2.05 bits per heavy atom. The van der Waals surface area contributed by atoms with E-state index < -0.39 is 26.6 Å². The summed E-state index contributed by atoms with van der Waals surface area (Å²) in [7, 11) is -3.99. The minimum absolute atomic E-state index is 0.00137. The van der Waals surface area contributed by atoms with E-state index in [9.17, 15) is 18.5 Å². The lowest BCUT2D eigenvalue weighted by atomic mass is 10.2. The molecule has 7 nitrogen and oxygen atoms in total. The molecule has 0 aromatic heterocycles. The highest BCUT2D eigenvalue weighted by Gasteiger charge is 2.31. The van der Waals surface area contributed by atoms with E-state index >= 15 is 0 Å². The van der Waals surface area contributed by atoms with Crippen molar-refractivity contribution in [3.63, 3.8) is 0 Å². The standard InChI is InChI=1S/C12H15N3O4S/c1-3-14(9-10(2)8-13)20(18,19)12-7-5-4-6-11(12)15(16)17/h4-7,10H,3,9H2,1-2H3. The van der Waals surface area contributed by atoms with Crippen molar-refractivity contribution in [3.8, 4) is 6.07 Å². The van der Waals surface area contributed by atoms with Gasteiger partial charge in [0.05, 0.1) is 16.9 Å². The molecule has 0 spiro atoms. The Labute approximate surface area is 117 Å². The number of nitro groups is 1. The van der Waals surface area contributed by atoms with Gasteiger partial charge in [0, 0.05) is 19.2 Å². The molecule has 0 radical (unpaired) electrons. The third kappa shape index (κ3) is 3.31. The summed E-state index contributed by atoms with van der Waals surface area (Å²) in [4.78, 5) is 9.85. The molecule has 0 aliphatic heterocycles. The molecule has 1 aromatic rings. The maximum Gasteiger partial charge on any atom is 0.289 e. The third-order valence-electron chi connectivity index (χ3n) is 2.73. The summed E-state index contributed by atoms with van der Waals surface area (Å²) in [6.07, 6.45) is 0. The molecule has 0 saturated heterocycles. The first-order valence-corrected chi connectivity index (χ1v) is 7.41. The predicted molar refractivity (Wildman–Crippen MR) is 72.3 cm³/mol. The Morgan fingerprint density at radius 1 is 1.45 bits per heavy atom. The fourth-order valence-electron chi connectivity index (χ4n) is 1.71. The second-order valence-corrected chi connectivity index (χ2v) is 6.12. The van der Waals surface area contributed by atoms with Gasteiger partial charge in [0.25, 0.3) is 5.69 Å². The van der Waals surface area contributed by atoms with Crippen molar-refractivity contribution >= 4 is 15.7 Å². The molecule has 0 saturated carbocycles. The van der Waals surface area contributed by atoms with Gasteiger partial charge in [0.2, 0.25) is 10.0 Å². The van der Waals surface area contributed by atoms with E-state index in [1.165, 1.54) is 18.2 Å². The highest BCUT2D eigenvalue weighted by molar-refractivity contribution is 7.89. The molecule has 0 bridgehead atoms. The summed E-state index contributed by atoms with van der Waals surface area (Å²) in [5, 5.41) is 19.7. The molecule has 0 amide bonds. The molecule has 0 N–H and O–H groups in total. The zero-order chi connectivity index (χ0) is 15.3. The van der Waals surface area contributed by atoms with E-state index in [0.29, 0.717) is 0 Å². The maximum absolute atomic E-state index is 12.5. The van der Waals surface area contributed by atoms with Crippen molar-refractivity contribution in [3.05, 3.63) is 34.4 Å². The second kappa shape index (κ2) is 6.45. The van der Waals surface area contributed by atoms with Gasteiger partial charge in [-0.1, -0.05) is 19.1 Å². The van der Waals surface area contributed by atoms with Gasteiger partial charge in [-0.15, -0.1) is 0 Å². The van der Waals surface area contributed by atoms with Crippen molar-refractivity contribution in [2.45, 2.75) is 18.7 Å². The van der Waals surface area contributed by atoms with Crippen LogP contribution in [0.15, 0.2) is 29.2 Å². The highest BCUT2D eigenvalue weighted by atomic mass is 32.2. The number of hydrogen-bond acceptors (Lipinski definition) is 5. The summed E-state index contributed by atoms with van der Waals surface area (Å²) < 4.78 is 26.0. The van der Waals surface area contributed by atoms with E-state index in [0.717, 1.165) is 10.4 Å². The van der Waals surface area contributed by atoms with Crippen molar-refractivity contribution in [2.24, 2.45) is 5.92 Å². The van der Waals surface area contributed by atoms with Crippen molar-refractivity contribution in [1.82, 2.24) is 4.31 Å². The first-order valence-electron chi connectivity index (χ1n) is 5.97. The highest BCUT2D eigenvalue weighted by Crippen LogP contribution is 2.26. The van der Waals surface area contributed by atoms with Gasteiger partial charge < -0.3 is 0 Å². The Bertz CT molecular complexity index is 636. The minimum atomic E-state index is -3.99. The summed E-state index contributed by atoms with van der Waals surface area (Å²) in [6, 6.07) is 7.14. The smallest absolute Gasteiger partial charge is 0.258 e. The van der Waals surface area contributed by atoms with E-state index in [-0.39, 0.29) is 18.0 Å². The monoisotopic (exact) mass is 297 g/mol. The van der Waals surface area contributed by atoms with E-state index in [4.69, 9.17) is 5.26 Å². The molecular weight excluding hydrogens is 282 g/mol. The van der Waals surface area contributed by atoms with Crippen LogP contribution in [0.3, 0.4) is 0 Å². The number of nitriles is 1. The Kier molecular flexibility index (Phi) is 5.19.